The largest absolute Gasteiger partial charge is 0.459 e. The summed E-state index contributed by atoms with van der Waals surface area (Å²) in [6, 6.07) is 3.30. The van der Waals surface area contributed by atoms with Crippen LogP contribution < -0.4 is 5.32 Å². The van der Waals surface area contributed by atoms with Crippen molar-refractivity contribution in [2.24, 2.45) is 5.92 Å². The molecule has 1 aliphatic carbocycles. The lowest BCUT2D eigenvalue weighted by atomic mass is 9.86. The van der Waals surface area contributed by atoms with Crippen LogP contribution >= 0.6 is 11.3 Å². The van der Waals surface area contributed by atoms with Crippen LogP contribution in [0.3, 0.4) is 0 Å². The first-order chi connectivity index (χ1) is 13.2. The molecule has 1 N–H and O–H groups in total. The molecule has 2 amide bonds. The predicted molar refractivity (Wildman–Crippen MR) is 104 cm³/mol. The fourth-order valence-electron chi connectivity index (χ4n) is 3.99. The Morgan fingerprint density at radius 3 is 2.93 bits per heavy atom. The van der Waals surface area contributed by atoms with E-state index in [-0.39, 0.29) is 17.6 Å². The summed E-state index contributed by atoms with van der Waals surface area (Å²) < 4.78 is 5.11. The van der Waals surface area contributed by atoms with Gasteiger partial charge in [-0.2, -0.15) is 0 Å². The molecule has 6 nitrogen and oxygen atoms in total. The smallest absolute Gasteiger partial charge is 0.293 e. The molecule has 1 fully saturated rings. The number of amides is 2. The minimum Gasteiger partial charge on any atom is -0.459 e. The molecule has 0 bridgehead atoms. The lowest BCUT2D eigenvalue weighted by Gasteiger charge is -2.27. The third-order valence-corrected chi connectivity index (χ3v) is 6.54. The number of rotatable bonds is 5. The second-order valence-corrected chi connectivity index (χ2v) is 8.51. The first-order valence-corrected chi connectivity index (χ1v) is 10.6. The Kier molecular flexibility index (Phi) is 5.57. The second kappa shape index (κ2) is 8.25. The minimum atomic E-state index is -0.300. The normalized spacial score (nSPS) is 17.6. The van der Waals surface area contributed by atoms with Gasteiger partial charge in [0.15, 0.2) is 10.9 Å². The first kappa shape index (κ1) is 18.2. The summed E-state index contributed by atoms with van der Waals surface area (Å²) in [4.78, 5) is 32.2. The van der Waals surface area contributed by atoms with Crippen molar-refractivity contribution >= 4 is 28.3 Å². The maximum Gasteiger partial charge on any atom is 0.293 e. The Morgan fingerprint density at radius 1 is 1.30 bits per heavy atom. The average molecular weight is 388 g/mol. The highest BCUT2D eigenvalue weighted by Gasteiger charge is 2.25. The van der Waals surface area contributed by atoms with E-state index >= 15 is 0 Å². The van der Waals surface area contributed by atoms with E-state index in [0.29, 0.717) is 24.6 Å². The molecule has 0 saturated heterocycles. The standard InChI is InChI=1S/C20H25N3O3S/c24-18(9-8-14-5-2-1-3-6-14)23-11-10-15-17(13-23)27-20(21-15)22-19(25)16-7-4-12-26-16/h4,7,12,14H,1-3,5-6,8-11,13H2,(H,21,22,25). The zero-order valence-electron chi connectivity index (χ0n) is 15.4. The second-order valence-electron chi connectivity index (χ2n) is 7.43. The Labute approximate surface area is 163 Å². The molecule has 1 aliphatic heterocycles. The van der Waals surface area contributed by atoms with E-state index in [0.717, 1.165) is 29.3 Å². The average Bonchev–Trinajstić information content (AvgIpc) is 3.35. The third-order valence-electron chi connectivity index (χ3n) is 5.54. The number of fused-ring (bicyclic) bond motifs is 1. The van der Waals surface area contributed by atoms with Gasteiger partial charge >= 0.3 is 0 Å². The van der Waals surface area contributed by atoms with Crippen molar-refractivity contribution in [3.05, 3.63) is 34.7 Å². The zero-order chi connectivity index (χ0) is 18.6. The molecule has 1 saturated carbocycles. The van der Waals surface area contributed by atoms with Crippen LogP contribution in [0.5, 0.6) is 0 Å². The van der Waals surface area contributed by atoms with Crippen molar-refractivity contribution in [1.82, 2.24) is 9.88 Å². The molecule has 0 spiro atoms. The highest BCUT2D eigenvalue weighted by Crippen LogP contribution is 2.30. The Morgan fingerprint density at radius 2 is 2.15 bits per heavy atom. The van der Waals surface area contributed by atoms with Crippen molar-refractivity contribution in [3.8, 4) is 0 Å². The van der Waals surface area contributed by atoms with Crippen LogP contribution in [-0.4, -0.2) is 28.2 Å². The minimum absolute atomic E-state index is 0.251. The highest BCUT2D eigenvalue weighted by atomic mass is 32.1. The molecule has 0 unspecified atom stereocenters. The van der Waals surface area contributed by atoms with Gasteiger partial charge in [-0.1, -0.05) is 43.4 Å². The number of nitrogens with zero attached hydrogens (tertiary/aromatic N) is 2. The van der Waals surface area contributed by atoms with Gasteiger partial charge in [0.05, 0.1) is 18.5 Å². The molecule has 144 valence electrons. The molecule has 2 aromatic heterocycles. The summed E-state index contributed by atoms with van der Waals surface area (Å²) in [7, 11) is 0. The zero-order valence-corrected chi connectivity index (χ0v) is 16.2. The van der Waals surface area contributed by atoms with Crippen molar-refractivity contribution in [2.75, 3.05) is 11.9 Å². The maximum absolute atomic E-state index is 12.6. The molecule has 2 aromatic rings. The summed E-state index contributed by atoms with van der Waals surface area (Å²) in [5.41, 5.74) is 0.992. The molecular formula is C20H25N3O3S. The highest BCUT2D eigenvalue weighted by molar-refractivity contribution is 7.15. The molecule has 27 heavy (non-hydrogen) atoms. The molecular weight excluding hydrogens is 362 g/mol. The number of hydrogen-bond donors (Lipinski definition) is 1. The van der Waals surface area contributed by atoms with Crippen molar-refractivity contribution in [2.45, 2.75) is 57.9 Å². The van der Waals surface area contributed by atoms with Crippen LogP contribution in [-0.2, 0) is 17.8 Å². The van der Waals surface area contributed by atoms with E-state index in [1.807, 2.05) is 4.90 Å². The van der Waals surface area contributed by atoms with Crippen LogP contribution in [0.1, 0.15) is 66.1 Å². The van der Waals surface area contributed by atoms with Gasteiger partial charge in [0.2, 0.25) is 5.91 Å². The molecule has 2 aliphatic rings. The van der Waals surface area contributed by atoms with Crippen molar-refractivity contribution in [1.29, 1.82) is 0 Å². The predicted octanol–water partition coefficient (Wildman–Crippen LogP) is 4.23. The number of carbonyl (C=O) groups excluding carboxylic acids is 2. The van der Waals surface area contributed by atoms with Crippen LogP contribution in [0.2, 0.25) is 0 Å². The Bertz CT molecular complexity index is 794. The molecule has 0 radical (unpaired) electrons. The van der Waals surface area contributed by atoms with Crippen LogP contribution in [0, 0.1) is 5.92 Å². The molecule has 0 atom stereocenters. The van der Waals surface area contributed by atoms with Gasteiger partial charge < -0.3 is 9.32 Å². The SMILES string of the molecule is O=C(Nc1nc2c(s1)CN(C(=O)CCC1CCCCC1)CC2)c1ccco1. The van der Waals surface area contributed by atoms with Crippen LogP contribution in [0.25, 0.3) is 0 Å². The topological polar surface area (TPSA) is 75.4 Å². The Hall–Kier alpha value is -2.15. The fraction of sp³-hybridized carbons (Fsp3) is 0.550. The monoisotopic (exact) mass is 387 g/mol. The van der Waals surface area contributed by atoms with E-state index in [2.05, 4.69) is 10.3 Å². The summed E-state index contributed by atoms with van der Waals surface area (Å²) in [5.74, 6) is 0.949. The lowest BCUT2D eigenvalue weighted by Crippen LogP contribution is -2.35. The summed E-state index contributed by atoms with van der Waals surface area (Å²) in [6.07, 6.45) is 10.4. The summed E-state index contributed by atoms with van der Waals surface area (Å²) >= 11 is 1.45. The van der Waals surface area contributed by atoms with E-state index < -0.39 is 0 Å². The quantitative estimate of drug-likeness (QED) is 0.833. The number of hydrogen-bond acceptors (Lipinski definition) is 5. The first-order valence-electron chi connectivity index (χ1n) is 9.80. The van der Waals surface area contributed by atoms with Gasteiger partial charge in [-0.15, -0.1) is 0 Å². The van der Waals surface area contributed by atoms with Gasteiger partial charge in [-0.25, -0.2) is 4.98 Å². The maximum atomic E-state index is 12.6. The number of nitrogens with one attached hydrogen (secondary N) is 1. The van der Waals surface area contributed by atoms with Gasteiger partial charge in [0, 0.05) is 24.3 Å². The number of aromatic nitrogens is 1. The molecule has 7 heteroatoms. The fourth-order valence-corrected chi connectivity index (χ4v) is 5.01. The van der Waals surface area contributed by atoms with E-state index in [4.69, 9.17) is 4.42 Å². The molecule has 4 rings (SSSR count). The third kappa shape index (κ3) is 4.40. The number of thiazole rings is 1. The van der Waals surface area contributed by atoms with Gasteiger partial charge in [-0.05, 0) is 24.5 Å². The Balaban J connectivity index is 1.32. The van der Waals surface area contributed by atoms with Gasteiger partial charge in [-0.3, -0.25) is 14.9 Å². The number of anilines is 1. The van der Waals surface area contributed by atoms with E-state index in [1.165, 1.54) is 49.7 Å². The number of furan rings is 1. The number of carbonyl (C=O) groups is 2. The van der Waals surface area contributed by atoms with Gasteiger partial charge in [0.25, 0.3) is 5.91 Å². The summed E-state index contributed by atoms with van der Waals surface area (Å²) in [5, 5.41) is 3.35. The lowest BCUT2D eigenvalue weighted by molar-refractivity contribution is -0.132. The summed E-state index contributed by atoms with van der Waals surface area (Å²) in [6.45, 7) is 1.32. The van der Waals surface area contributed by atoms with E-state index in [1.54, 1.807) is 12.1 Å². The van der Waals surface area contributed by atoms with E-state index in [9.17, 15) is 9.59 Å². The van der Waals surface area contributed by atoms with Crippen molar-refractivity contribution in [3.63, 3.8) is 0 Å². The molecule has 0 aromatic carbocycles. The van der Waals surface area contributed by atoms with Crippen LogP contribution in [0.15, 0.2) is 22.8 Å². The van der Waals surface area contributed by atoms with Crippen LogP contribution in [0.4, 0.5) is 5.13 Å². The van der Waals surface area contributed by atoms with Gasteiger partial charge in [0.1, 0.15) is 0 Å². The van der Waals surface area contributed by atoms with Crippen molar-refractivity contribution < 1.29 is 14.0 Å². The molecule has 3 heterocycles.